The van der Waals surface area contributed by atoms with Crippen LogP contribution in [0.2, 0.25) is 5.02 Å². The third-order valence-corrected chi connectivity index (χ3v) is 8.15. The van der Waals surface area contributed by atoms with Gasteiger partial charge in [-0.05, 0) is 71.8 Å². The maximum atomic E-state index is 13.4. The van der Waals surface area contributed by atoms with E-state index >= 15 is 0 Å². The molecular formula is C27H25BrClN3O3. The number of carbonyl (C=O) groups excluding carboxylic acids is 1. The van der Waals surface area contributed by atoms with Crippen LogP contribution in [0.1, 0.15) is 41.7 Å². The predicted octanol–water partition coefficient (Wildman–Crippen LogP) is 6.27. The fourth-order valence-electron chi connectivity index (χ4n) is 4.97. The van der Waals surface area contributed by atoms with Crippen molar-refractivity contribution in [1.29, 1.82) is 0 Å². The molecule has 0 radical (unpaired) electrons. The third kappa shape index (κ3) is 4.93. The van der Waals surface area contributed by atoms with Crippen molar-refractivity contribution in [3.05, 3.63) is 75.5 Å². The zero-order chi connectivity index (χ0) is 24.5. The van der Waals surface area contributed by atoms with Crippen LogP contribution in [-0.2, 0) is 11.3 Å². The summed E-state index contributed by atoms with van der Waals surface area (Å²) in [6.07, 6.45) is 4.85. The van der Waals surface area contributed by atoms with E-state index in [0.29, 0.717) is 41.0 Å². The van der Waals surface area contributed by atoms with Crippen LogP contribution < -0.4 is 5.32 Å². The second-order valence-corrected chi connectivity index (χ2v) is 10.4. The maximum Gasteiger partial charge on any atom is 0.306 e. The molecule has 0 spiro atoms. The Morgan fingerprint density at radius 1 is 1.09 bits per heavy atom. The predicted molar refractivity (Wildman–Crippen MR) is 141 cm³/mol. The summed E-state index contributed by atoms with van der Waals surface area (Å²) in [6, 6.07) is 15.9. The summed E-state index contributed by atoms with van der Waals surface area (Å²) in [7, 11) is 0. The number of benzene rings is 2. The van der Waals surface area contributed by atoms with Gasteiger partial charge in [-0.2, -0.15) is 0 Å². The summed E-state index contributed by atoms with van der Waals surface area (Å²) in [5.74, 6) is -0.955. The lowest BCUT2D eigenvalue weighted by Gasteiger charge is -2.26. The fraction of sp³-hybridized carbons (Fsp3) is 0.296. The van der Waals surface area contributed by atoms with Crippen LogP contribution >= 0.6 is 27.5 Å². The van der Waals surface area contributed by atoms with Crippen molar-refractivity contribution in [3.8, 4) is 0 Å². The Morgan fingerprint density at radius 3 is 2.63 bits per heavy atom. The fourth-order valence-corrected chi connectivity index (χ4v) is 5.64. The van der Waals surface area contributed by atoms with Crippen LogP contribution in [-0.4, -0.2) is 33.1 Å². The maximum absolute atomic E-state index is 13.4. The Labute approximate surface area is 216 Å². The van der Waals surface area contributed by atoms with E-state index in [4.69, 9.17) is 16.6 Å². The molecule has 1 amide bonds. The molecule has 0 atom stereocenters. The summed E-state index contributed by atoms with van der Waals surface area (Å²) >= 11 is 10.1. The van der Waals surface area contributed by atoms with Gasteiger partial charge in [-0.1, -0.05) is 35.9 Å². The summed E-state index contributed by atoms with van der Waals surface area (Å²) < 4.78 is 2.68. The highest BCUT2D eigenvalue weighted by Gasteiger charge is 2.27. The van der Waals surface area contributed by atoms with Crippen LogP contribution in [0, 0.1) is 11.8 Å². The first kappa shape index (κ1) is 23.8. The molecule has 35 heavy (non-hydrogen) atoms. The van der Waals surface area contributed by atoms with Crippen LogP contribution in [0.25, 0.3) is 21.8 Å². The van der Waals surface area contributed by atoms with Gasteiger partial charge >= 0.3 is 5.97 Å². The van der Waals surface area contributed by atoms with Gasteiger partial charge in [0.15, 0.2) is 0 Å². The van der Waals surface area contributed by atoms with E-state index in [1.54, 1.807) is 0 Å². The van der Waals surface area contributed by atoms with Gasteiger partial charge in [-0.3, -0.25) is 14.6 Å². The Bertz CT molecular complexity index is 1430. The van der Waals surface area contributed by atoms with Gasteiger partial charge in [-0.25, -0.2) is 0 Å². The molecule has 1 saturated carbocycles. The van der Waals surface area contributed by atoms with Gasteiger partial charge in [0.2, 0.25) is 0 Å². The number of aliphatic carboxylic acids is 1. The first-order valence-electron chi connectivity index (χ1n) is 11.7. The van der Waals surface area contributed by atoms with E-state index in [1.165, 1.54) is 0 Å². The molecule has 0 bridgehead atoms. The van der Waals surface area contributed by atoms with Gasteiger partial charge in [-0.15, -0.1) is 0 Å². The smallest absolute Gasteiger partial charge is 0.306 e. The second-order valence-electron chi connectivity index (χ2n) is 9.19. The third-order valence-electron chi connectivity index (χ3n) is 6.91. The minimum atomic E-state index is -0.725. The van der Waals surface area contributed by atoms with Gasteiger partial charge in [0, 0.05) is 28.0 Å². The molecule has 4 aromatic rings. The first-order chi connectivity index (χ1) is 16.9. The number of carbonyl (C=O) groups is 2. The molecule has 2 heterocycles. The van der Waals surface area contributed by atoms with E-state index in [0.717, 1.165) is 40.3 Å². The number of halogens is 2. The molecule has 0 saturated heterocycles. The van der Waals surface area contributed by atoms with E-state index < -0.39 is 5.97 Å². The summed E-state index contributed by atoms with van der Waals surface area (Å²) in [5, 5.41) is 14.6. The largest absolute Gasteiger partial charge is 0.481 e. The Kier molecular flexibility index (Phi) is 6.80. The minimum absolute atomic E-state index is 0.229. The van der Waals surface area contributed by atoms with Gasteiger partial charge in [0.05, 0.1) is 39.8 Å². The number of carboxylic acid groups (broad SMARTS) is 1. The van der Waals surface area contributed by atoms with Gasteiger partial charge < -0.3 is 15.0 Å². The zero-order valence-electron chi connectivity index (χ0n) is 19.0. The number of carboxylic acids is 1. The van der Waals surface area contributed by atoms with Crippen molar-refractivity contribution in [2.45, 2.75) is 32.2 Å². The highest BCUT2D eigenvalue weighted by atomic mass is 79.9. The molecule has 2 aromatic heterocycles. The van der Waals surface area contributed by atoms with Crippen molar-refractivity contribution in [3.63, 3.8) is 0 Å². The second kappa shape index (κ2) is 9.99. The van der Waals surface area contributed by atoms with E-state index in [9.17, 15) is 14.7 Å². The van der Waals surface area contributed by atoms with Crippen molar-refractivity contribution in [1.82, 2.24) is 14.9 Å². The van der Waals surface area contributed by atoms with Crippen LogP contribution in [0.4, 0.5) is 0 Å². The lowest BCUT2D eigenvalue weighted by molar-refractivity contribution is -0.143. The Balaban J connectivity index is 1.40. The van der Waals surface area contributed by atoms with Crippen molar-refractivity contribution in [2.75, 3.05) is 6.54 Å². The molecule has 8 heteroatoms. The summed E-state index contributed by atoms with van der Waals surface area (Å²) in [6.45, 7) is 1.01. The number of amides is 1. The normalized spacial score (nSPS) is 18.1. The Morgan fingerprint density at radius 2 is 1.86 bits per heavy atom. The van der Waals surface area contributed by atoms with Gasteiger partial charge in [0.25, 0.3) is 5.91 Å². The monoisotopic (exact) mass is 553 g/mol. The SMILES string of the molecule is O=C(NCC1CCC(C(=O)O)CC1)c1c(Cl)c(Br)cc2ccn(Cc3ccc4ccccc4n3)c12. The highest BCUT2D eigenvalue weighted by Crippen LogP contribution is 2.35. The average molecular weight is 555 g/mol. The lowest BCUT2D eigenvalue weighted by atomic mass is 9.82. The molecule has 0 unspecified atom stereocenters. The standard InChI is InChI=1S/C27H25BrClN3O3/c28-21-13-19-11-12-32(15-20-10-9-17-3-1-2-4-22(17)31-20)25(19)23(24(21)29)26(33)30-14-16-5-7-18(8-6-16)27(34)35/h1-4,9-13,16,18H,5-8,14-15H2,(H,30,33)(H,34,35). The minimum Gasteiger partial charge on any atom is -0.481 e. The molecule has 2 N–H and O–H groups in total. The highest BCUT2D eigenvalue weighted by molar-refractivity contribution is 9.10. The number of aromatic nitrogens is 2. The molecule has 2 aromatic carbocycles. The number of hydrogen-bond acceptors (Lipinski definition) is 3. The number of para-hydroxylation sites is 1. The Hall–Kier alpha value is -2.90. The van der Waals surface area contributed by atoms with E-state index in [2.05, 4.69) is 27.3 Å². The number of fused-ring (bicyclic) bond motifs is 2. The van der Waals surface area contributed by atoms with Crippen molar-refractivity contribution >= 4 is 61.2 Å². The van der Waals surface area contributed by atoms with E-state index in [1.807, 2.05) is 53.2 Å². The lowest BCUT2D eigenvalue weighted by Crippen LogP contribution is -2.33. The quantitative estimate of drug-likeness (QED) is 0.294. The summed E-state index contributed by atoms with van der Waals surface area (Å²) in [5.41, 5.74) is 3.01. The zero-order valence-corrected chi connectivity index (χ0v) is 21.3. The number of nitrogens with one attached hydrogen (secondary N) is 1. The molecule has 5 rings (SSSR count). The molecular weight excluding hydrogens is 530 g/mol. The van der Waals surface area contributed by atoms with Gasteiger partial charge in [0.1, 0.15) is 0 Å². The average Bonchev–Trinajstić information content (AvgIpc) is 3.25. The number of rotatable bonds is 6. The first-order valence-corrected chi connectivity index (χ1v) is 12.9. The van der Waals surface area contributed by atoms with E-state index in [-0.39, 0.29) is 17.7 Å². The molecule has 1 fully saturated rings. The number of nitrogens with zero attached hydrogens (tertiary/aromatic N) is 2. The van der Waals surface area contributed by atoms with Crippen LogP contribution in [0.3, 0.4) is 0 Å². The van der Waals surface area contributed by atoms with Crippen molar-refractivity contribution < 1.29 is 14.7 Å². The summed E-state index contributed by atoms with van der Waals surface area (Å²) in [4.78, 5) is 29.4. The van der Waals surface area contributed by atoms with Crippen LogP contribution in [0.5, 0.6) is 0 Å². The number of pyridine rings is 1. The molecule has 180 valence electrons. The molecule has 1 aliphatic rings. The van der Waals surface area contributed by atoms with Crippen molar-refractivity contribution in [2.24, 2.45) is 11.8 Å². The number of hydrogen-bond donors (Lipinski definition) is 2. The topological polar surface area (TPSA) is 84.2 Å². The molecule has 6 nitrogen and oxygen atoms in total. The molecule has 0 aliphatic heterocycles. The van der Waals surface area contributed by atoms with Crippen LogP contribution in [0.15, 0.2) is 59.2 Å². The molecule has 1 aliphatic carbocycles.